The molecule has 1 aliphatic rings. The van der Waals surface area contributed by atoms with E-state index >= 15 is 0 Å². The van der Waals surface area contributed by atoms with Gasteiger partial charge in [-0.05, 0) is 33.6 Å². The molecule has 8 heteroatoms. The van der Waals surface area contributed by atoms with E-state index in [1.165, 1.54) is 11.3 Å². The largest absolute Gasteiger partial charge is 0.382 e. The average Bonchev–Trinajstić information content (AvgIpc) is 3.11. The fourth-order valence-electron chi connectivity index (χ4n) is 1.68. The lowest BCUT2D eigenvalue weighted by molar-refractivity contribution is -0.122. The number of nitrogens with two attached hydrogens (primary N) is 1. The number of rotatable bonds is 6. The van der Waals surface area contributed by atoms with Crippen LogP contribution in [0.3, 0.4) is 0 Å². The number of nitrogens with one attached hydrogen (secondary N) is 3. The highest BCUT2D eigenvalue weighted by atomic mass is 32.1. The van der Waals surface area contributed by atoms with E-state index in [0.717, 1.165) is 12.8 Å². The summed E-state index contributed by atoms with van der Waals surface area (Å²) in [5.41, 5.74) is 5.76. The highest BCUT2D eigenvalue weighted by Crippen LogP contribution is 2.25. The molecule has 2 amide bonds. The summed E-state index contributed by atoms with van der Waals surface area (Å²) >= 11 is 1.18. The van der Waals surface area contributed by atoms with Crippen LogP contribution >= 0.6 is 11.3 Å². The van der Waals surface area contributed by atoms with Gasteiger partial charge in [-0.1, -0.05) is 11.3 Å². The Bertz CT molecular complexity index is 539. The molecule has 1 aromatic heterocycles. The molecule has 0 radical (unpaired) electrons. The van der Waals surface area contributed by atoms with Crippen molar-refractivity contribution in [3.8, 4) is 0 Å². The van der Waals surface area contributed by atoms with Crippen molar-refractivity contribution < 1.29 is 9.59 Å². The van der Waals surface area contributed by atoms with Gasteiger partial charge in [-0.3, -0.25) is 9.59 Å². The number of amides is 2. The second kappa shape index (κ2) is 6.30. The maximum Gasteiger partial charge on any atom is 0.265 e. The number of carbonyl (C=O) groups is 2. The smallest absolute Gasteiger partial charge is 0.265 e. The molecule has 1 fully saturated rings. The lowest BCUT2D eigenvalue weighted by Crippen LogP contribution is -2.45. The summed E-state index contributed by atoms with van der Waals surface area (Å²) < 4.78 is 0. The van der Waals surface area contributed by atoms with E-state index in [4.69, 9.17) is 5.73 Å². The van der Waals surface area contributed by atoms with Crippen molar-refractivity contribution in [3.05, 3.63) is 4.88 Å². The molecule has 0 aliphatic heterocycles. The van der Waals surface area contributed by atoms with Crippen molar-refractivity contribution in [2.45, 2.75) is 51.7 Å². The standard InChI is InChI=1S/C13H21N5O2S/c1-6(2)15-13-18-10(14)9(21-13)12(20)16-7(3)11(19)17-8-4-5-8/h6-8H,4-5,14H2,1-3H3,(H,15,18)(H,16,20)(H,17,19). The van der Waals surface area contributed by atoms with E-state index in [0.29, 0.717) is 10.0 Å². The molecule has 2 rings (SSSR count). The molecule has 21 heavy (non-hydrogen) atoms. The third-order valence-corrected chi connectivity index (χ3v) is 3.94. The third-order valence-electron chi connectivity index (χ3n) is 2.94. The minimum Gasteiger partial charge on any atom is -0.382 e. The molecule has 1 heterocycles. The van der Waals surface area contributed by atoms with Crippen molar-refractivity contribution in [3.63, 3.8) is 0 Å². The molecule has 0 bridgehead atoms. The van der Waals surface area contributed by atoms with Crippen LogP contribution in [0.4, 0.5) is 10.9 Å². The number of hydrogen-bond acceptors (Lipinski definition) is 6. The van der Waals surface area contributed by atoms with Crippen LogP contribution in [0.2, 0.25) is 0 Å². The van der Waals surface area contributed by atoms with Crippen LogP contribution in [-0.4, -0.2) is 34.9 Å². The van der Waals surface area contributed by atoms with Gasteiger partial charge in [0.1, 0.15) is 16.7 Å². The highest BCUT2D eigenvalue weighted by Gasteiger charge is 2.27. The van der Waals surface area contributed by atoms with Gasteiger partial charge in [0, 0.05) is 12.1 Å². The number of anilines is 2. The van der Waals surface area contributed by atoms with E-state index in [9.17, 15) is 9.59 Å². The van der Waals surface area contributed by atoms with E-state index in [1.54, 1.807) is 6.92 Å². The number of nitrogens with zero attached hydrogens (tertiary/aromatic N) is 1. The number of hydrogen-bond donors (Lipinski definition) is 4. The minimum absolute atomic E-state index is 0.172. The SMILES string of the molecule is CC(C)Nc1nc(N)c(C(=O)NC(C)C(=O)NC2CC2)s1. The van der Waals surface area contributed by atoms with Crippen LogP contribution in [0, 0.1) is 0 Å². The Balaban J connectivity index is 1.95. The first-order chi connectivity index (χ1) is 9.86. The number of thiazole rings is 1. The summed E-state index contributed by atoms with van der Waals surface area (Å²) in [5.74, 6) is -0.370. The lowest BCUT2D eigenvalue weighted by atomic mass is 10.3. The van der Waals surface area contributed by atoms with Crippen LogP contribution in [0.15, 0.2) is 0 Å². The molecule has 5 N–H and O–H groups in total. The zero-order valence-corrected chi connectivity index (χ0v) is 13.2. The third kappa shape index (κ3) is 4.32. The number of aromatic nitrogens is 1. The molecule has 0 aromatic carbocycles. The Morgan fingerprint density at radius 2 is 2.00 bits per heavy atom. The zero-order chi connectivity index (χ0) is 15.6. The normalized spacial score (nSPS) is 15.6. The summed E-state index contributed by atoms with van der Waals surface area (Å²) in [6.45, 7) is 5.60. The predicted molar refractivity (Wildman–Crippen MR) is 83.4 cm³/mol. The van der Waals surface area contributed by atoms with Crippen molar-refractivity contribution in [2.24, 2.45) is 0 Å². The van der Waals surface area contributed by atoms with Gasteiger partial charge in [-0.15, -0.1) is 0 Å². The summed E-state index contributed by atoms with van der Waals surface area (Å²) in [7, 11) is 0. The lowest BCUT2D eigenvalue weighted by Gasteiger charge is -2.13. The first-order valence-electron chi connectivity index (χ1n) is 7.01. The van der Waals surface area contributed by atoms with Crippen molar-refractivity contribution in [1.82, 2.24) is 15.6 Å². The van der Waals surface area contributed by atoms with Gasteiger partial charge in [0.05, 0.1) is 0 Å². The molecule has 1 aromatic rings. The fraction of sp³-hybridized carbons (Fsp3) is 0.615. The summed E-state index contributed by atoms with van der Waals surface area (Å²) in [6.07, 6.45) is 2.02. The topological polar surface area (TPSA) is 109 Å². The Labute approximate surface area is 127 Å². The molecule has 1 atom stereocenters. The van der Waals surface area contributed by atoms with Crippen molar-refractivity contribution >= 4 is 34.1 Å². The molecule has 1 unspecified atom stereocenters. The molecule has 1 saturated carbocycles. The minimum atomic E-state index is -0.596. The van der Waals surface area contributed by atoms with Gasteiger partial charge in [-0.2, -0.15) is 0 Å². The Kier molecular flexibility index (Phi) is 4.66. The molecule has 7 nitrogen and oxygen atoms in total. The quantitative estimate of drug-likeness (QED) is 0.625. The molecular weight excluding hydrogens is 290 g/mol. The summed E-state index contributed by atoms with van der Waals surface area (Å²) in [4.78, 5) is 28.4. The Morgan fingerprint density at radius 1 is 1.33 bits per heavy atom. The van der Waals surface area contributed by atoms with Gasteiger partial charge < -0.3 is 21.7 Å². The molecule has 116 valence electrons. The van der Waals surface area contributed by atoms with Crippen LogP contribution in [0.1, 0.15) is 43.3 Å². The van der Waals surface area contributed by atoms with Crippen LogP contribution < -0.4 is 21.7 Å². The fourth-order valence-corrected chi connectivity index (χ4v) is 2.62. The number of nitrogen functional groups attached to an aromatic ring is 1. The second-order valence-electron chi connectivity index (χ2n) is 5.51. The Hall–Kier alpha value is -1.83. The molecule has 1 aliphatic carbocycles. The van der Waals surface area contributed by atoms with Gasteiger partial charge in [0.25, 0.3) is 5.91 Å². The zero-order valence-electron chi connectivity index (χ0n) is 12.4. The van der Waals surface area contributed by atoms with Crippen molar-refractivity contribution in [2.75, 3.05) is 11.1 Å². The number of carbonyl (C=O) groups excluding carboxylic acids is 2. The van der Waals surface area contributed by atoms with Gasteiger partial charge in [0.15, 0.2) is 5.13 Å². The van der Waals surface area contributed by atoms with E-state index in [2.05, 4.69) is 20.9 Å². The van der Waals surface area contributed by atoms with Crippen molar-refractivity contribution in [1.29, 1.82) is 0 Å². The highest BCUT2D eigenvalue weighted by molar-refractivity contribution is 7.18. The van der Waals surface area contributed by atoms with Gasteiger partial charge in [-0.25, -0.2) is 4.98 Å². The molecule has 0 spiro atoms. The Morgan fingerprint density at radius 3 is 2.57 bits per heavy atom. The van der Waals surface area contributed by atoms with E-state index in [-0.39, 0.29) is 29.7 Å². The molecular formula is C13H21N5O2S. The molecule has 0 saturated heterocycles. The average molecular weight is 311 g/mol. The second-order valence-corrected chi connectivity index (χ2v) is 6.51. The van der Waals surface area contributed by atoms with Crippen LogP contribution in [0.25, 0.3) is 0 Å². The maximum atomic E-state index is 12.2. The summed E-state index contributed by atoms with van der Waals surface area (Å²) in [6, 6.07) is -0.122. The first kappa shape index (κ1) is 15.6. The summed E-state index contributed by atoms with van der Waals surface area (Å²) in [5, 5.41) is 9.19. The van der Waals surface area contributed by atoms with E-state index < -0.39 is 6.04 Å². The monoisotopic (exact) mass is 311 g/mol. The van der Waals surface area contributed by atoms with Gasteiger partial charge >= 0.3 is 0 Å². The predicted octanol–water partition coefficient (Wildman–Crippen LogP) is 0.942. The first-order valence-corrected chi connectivity index (χ1v) is 7.82. The maximum absolute atomic E-state index is 12.2. The van der Waals surface area contributed by atoms with Crippen LogP contribution in [-0.2, 0) is 4.79 Å². The van der Waals surface area contributed by atoms with E-state index in [1.807, 2.05) is 13.8 Å². The van der Waals surface area contributed by atoms with Gasteiger partial charge in [0.2, 0.25) is 5.91 Å². The van der Waals surface area contributed by atoms with Crippen LogP contribution in [0.5, 0.6) is 0 Å².